The Morgan fingerprint density at radius 2 is 2.33 bits per heavy atom. The summed E-state index contributed by atoms with van der Waals surface area (Å²) in [4.78, 5) is 1.35. The predicted octanol–water partition coefficient (Wildman–Crippen LogP) is 3.27. The molecule has 0 saturated carbocycles. The monoisotopic (exact) mass is 160 g/mol. The molecule has 0 radical (unpaired) electrons. The van der Waals surface area contributed by atoms with Gasteiger partial charge < -0.3 is 0 Å². The van der Waals surface area contributed by atoms with Crippen molar-refractivity contribution in [3.8, 4) is 0 Å². The maximum atomic E-state index is 5.76. The standard InChI is InChI=1S/C7H9ClS/c1-3-6-4-7(8)9-5(6)2/h4H,3H2,1-2H3. The van der Waals surface area contributed by atoms with Crippen molar-refractivity contribution in [3.05, 3.63) is 20.8 Å². The van der Waals surface area contributed by atoms with Crippen molar-refractivity contribution in [2.24, 2.45) is 0 Å². The van der Waals surface area contributed by atoms with Crippen molar-refractivity contribution in [1.29, 1.82) is 0 Å². The van der Waals surface area contributed by atoms with Gasteiger partial charge in [0.1, 0.15) is 0 Å². The molecule has 0 spiro atoms. The minimum atomic E-state index is 0.907. The Morgan fingerprint density at radius 1 is 1.67 bits per heavy atom. The van der Waals surface area contributed by atoms with Gasteiger partial charge in [-0.25, -0.2) is 0 Å². The van der Waals surface area contributed by atoms with Gasteiger partial charge in [0.05, 0.1) is 4.34 Å². The van der Waals surface area contributed by atoms with Crippen LogP contribution >= 0.6 is 22.9 Å². The summed E-state index contributed by atoms with van der Waals surface area (Å²) in [5, 5.41) is 0. The predicted molar refractivity (Wildman–Crippen MR) is 43.4 cm³/mol. The van der Waals surface area contributed by atoms with E-state index in [0.717, 1.165) is 10.8 Å². The zero-order chi connectivity index (χ0) is 6.85. The first-order valence-electron chi connectivity index (χ1n) is 2.99. The average Bonchev–Trinajstić information content (AvgIpc) is 2.10. The fourth-order valence-corrected chi connectivity index (χ4v) is 2.14. The van der Waals surface area contributed by atoms with Crippen LogP contribution in [0.15, 0.2) is 6.07 Å². The molecular formula is C7H9ClS. The van der Waals surface area contributed by atoms with Crippen LogP contribution in [0.1, 0.15) is 17.4 Å². The first-order chi connectivity index (χ1) is 4.24. The summed E-state index contributed by atoms with van der Waals surface area (Å²) in [6.45, 7) is 4.25. The number of rotatable bonds is 1. The molecular weight excluding hydrogens is 152 g/mol. The lowest BCUT2D eigenvalue weighted by Crippen LogP contribution is -1.74. The molecule has 9 heavy (non-hydrogen) atoms. The number of thiophene rings is 1. The fourth-order valence-electron chi connectivity index (χ4n) is 0.831. The SMILES string of the molecule is CCc1cc(Cl)sc1C. The van der Waals surface area contributed by atoms with Gasteiger partial charge in [0.25, 0.3) is 0 Å². The van der Waals surface area contributed by atoms with E-state index >= 15 is 0 Å². The topological polar surface area (TPSA) is 0 Å². The quantitative estimate of drug-likeness (QED) is 0.592. The molecule has 1 heterocycles. The van der Waals surface area contributed by atoms with E-state index < -0.39 is 0 Å². The van der Waals surface area contributed by atoms with Gasteiger partial charge in [0.15, 0.2) is 0 Å². The molecule has 0 fully saturated rings. The van der Waals surface area contributed by atoms with Gasteiger partial charge in [-0.3, -0.25) is 0 Å². The highest BCUT2D eigenvalue weighted by Gasteiger charge is 1.99. The molecule has 50 valence electrons. The largest absolute Gasteiger partial charge is 0.128 e. The molecule has 0 aliphatic heterocycles. The Balaban J connectivity index is 3.01. The van der Waals surface area contributed by atoms with E-state index in [1.54, 1.807) is 11.3 Å². The highest BCUT2D eigenvalue weighted by atomic mass is 35.5. The van der Waals surface area contributed by atoms with Gasteiger partial charge in [0.2, 0.25) is 0 Å². The number of halogens is 1. The first-order valence-corrected chi connectivity index (χ1v) is 4.18. The van der Waals surface area contributed by atoms with Crippen LogP contribution in [0, 0.1) is 6.92 Å². The first kappa shape index (κ1) is 7.10. The molecule has 0 aliphatic rings. The smallest absolute Gasteiger partial charge is 0.0933 e. The van der Waals surface area contributed by atoms with Gasteiger partial charge in [-0.05, 0) is 25.0 Å². The van der Waals surface area contributed by atoms with Crippen LogP contribution in [-0.2, 0) is 6.42 Å². The molecule has 1 rings (SSSR count). The van der Waals surface area contributed by atoms with Crippen LogP contribution in [-0.4, -0.2) is 0 Å². The van der Waals surface area contributed by atoms with Gasteiger partial charge in [-0.2, -0.15) is 0 Å². The third-order valence-electron chi connectivity index (χ3n) is 1.37. The van der Waals surface area contributed by atoms with Gasteiger partial charge in [0, 0.05) is 4.88 Å². The molecule has 0 nitrogen and oxygen atoms in total. The van der Waals surface area contributed by atoms with Gasteiger partial charge >= 0.3 is 0 Å². The van der Waals surface area contributed by atoms with Gasteiger partial charge in [-0.15, -0.1) is 11.3 Å². The van der Waals surface area contributed by atoms with Crippen LogP contribution < -0.4 is 0 Å². The Hall–Kier alpha value is -0.0100. The molecule has 0 bridgehead atoms. The fraction of sp³-hybridized carbons (Fsp3) is 0.429. The highest BCUT2D eigenvalue weighted by molar-refractivity contribution is 7.16. The number of aryl methyl sites for hydroxylation is 2. The zero-order valence-corrected chi connectivity index (χ0v) is 7.14. The van der Waals surface area contributed by atoms with E-state index in [0.29, 0.717) is 0 Å². The van der Waals surface area contributed by atoms with Crippen molar-refractivity contribution >= 4 is 22.9 Å². The maximum Gasteiger partial charge on any atom is 0.0933 e. The minimum absolute atomic E-state index is 0.907. The second kappa shape index (κ2) is 2.72. The van der Waals surface area contributed by atoms with E-state index in [2.05, 4.69) is 13.8 Å². The van der Waals surface area contributed by atoms with Crippen LogP contribution in [0.5, 0.6) is 0 Å². The maximum absolute atomic E-state index is 5.76. The molecule has 0 aliphatic carbocycles. The summed E-state index contributed by atoms with van der Waals surface area (Å²) < 4.78 is 0.907. The van der Waals surface area contributed by atoms with Crippen LogP contribution in [0.25, 0.3) is 0 Å². The molecule has 0 N–H and O–H groups in total. The average molecular weight is 161 g/mol. The third-order valence-corrected chi connectivity index (χ3v) is 2.59. The Kier molecular flexibility index (Phi) is 2.14. The summed E-state index contributed by atoms with van der Waals surface area (Å²) in [6.07, 6.45) is 1.09. The lowest BCUT2D eigenvalue weighted by Gasteiger charge is -1.87. The van der Waals surface area contributed by atoms with E-state index in [1.165, 1.54) is 10.4 Å². The highest BCUT2D eigenvalue weighted by Crippen LogP contribution is 2.25. The molecule has 0 saturated heterocycles. The molecule has 2 heteroatoms. The van der Waals surface area contributed by atoms with E-state index in [1.807, 2.05) is 6.07 Å². The molecule has 0 unspecified atom stereocenters. The molecule has 1 aromatic rings. The second-order valence-corrected chi connectivity index (χ2v) is 3.87. The Bertz CT molecular complexity index is 203. The van der Waals surface area contributed by atoms with Crippen molar-refractivity contribution in [1.82, 2.24) is 0 Å². The molecule has 0 atom stereocenters. The van der Waals surface area contributed by atoms with E-state index in [9.17, 15) is 0 Å². The van der Waals surface area contributed by atoms with Crippen LogP contribution in [0.3, 0.4) is 0 Å². The summed E-state index contributed by atoms with van der Waals surface area (Å²) in [6, 6.07) is 2.04. The molecule has 1 aromatic heterocycles. The normalized spacial score (nSPS) is 10.1. The van der Waals surface area contributed by atoms with Gasteiger partial charge in [-0.1, -0.05) is 18.5 Å². The van der Waals surface area contributed by atoms with Crippen molar-refractivity contribution < 1.29 is 0 Å². The van der Waals surface area contributed by atoms with E-state index in [-0.39, 0.29) is 0 Å². The van der Waals surface area contributed by atoms with Crippen LogP contribution in [0.4, 0.5) is 0 Å². The Morgan fingerprint density at radius 3 is 2.56 bits per heavy atom. The minimum Gasteiger partial charge on any atom is -0.128 e. The van der Waals surface area contributed by atoms with E-state index in [4.69, 9.17) is 11.6 Å². The lowest BCUT2D eigenvalue weighted by atomic mass is 10.2. The van der Waals surface area contributed by atoms with Crippen molar-refractivity contribution in [2.75, 3.05) is 0 Å². The summed E-state index contributed by atoms with van der Waals surface area (Å²) in [5.74, 6) is 0. The molecule has 0 amide bonds. The lowest BCUT2D eigenvalue weighted by molar-refractivity contribution is 1.13. The third kappa shape index (κ3) is 1.46. The van der Waals surface area contributed by atoms with Crippen molar-refractivity contribution in [2.45, 2.75) is 20.3 Å². The zero-order valence-electron chi connectivity index (χ0n) is 5.57. The second-order valence-electron chi connectivity index (χ2n) is 1.99. The summed E-state index contributed by atoms with van der Waals surface area (Å²) in [5.41, 5.74) is 1.38. The Labute approximate surface area is 64.5 Å². The summed E-state index contributed by atoms with van der Waals surface area (Å²) in [7, 11) is 0. The summed E-state index contributed by atoms with van der Waals surface area (Å²) >= 11 is 7.42. The number of hydrogen-bond donors (Lipinski definition) is 0. The number of hydrogen-bond acceptors (Lipinski definition) is 1. The molecule has 0 aromatic carbocycles. The van der Waals surface area contributed by atoms with Crippen molar-refractivity contribution in [3.63, 3.8) is 0 Å². The van der Waals surface area contributed by atoms with Crippen LogP contribution in [0.2, 0.25) is 4.34 Å².